The van der Waals surface area contributed by atoms with Crippen LogP contribution < -0.4 is 0 Å². The number of halogens is 1. The van der Waals surface area contributed by atoms with Gasteiger partial charge < -0.3 is 4.57 Å². The molecule has 3 heterocycles. The number of pyridine rings is 2. The summed E-state index contributed by atoms with van der Waals surface area (Å²) in [6.45, 7) is 4.34. The Labute approximate surface area is 158 Å². The van der Waals surface area contributed by atoms with Gasteiger partial charge in [-0.2, -0.15) is 0 Å². The fourth-order valence-corrected chi connectivity index (χ4v) is 4.54. The fourth-order valence-electron chi connectivity index (χ4n) is 3.57. The van der Waals surface area contributed by atoms with Gasteiger partial charge in [-0.05, 0) is 42.5 Å². The Morgan fingerprint density at radius 2 is 2.08 bits per heavy atom. The third-order valence-electron chi connectivity index (χ3n) is 4.81. The van der Waals surface area contributed by atoms with Crippen LogP contribution in [0.3, 0.4) is 0 Å². The summed E-state index contributed by atoms with van der Waals surface area (Å²) in [5, 5.41) is 1.88. The third-order valence-corrected chi connectivity index (χ3v) is 6.10. The van der Waals surface area contributed by atoms with Gasteiger partial charge in [-0.25, -0.2) is 9.37 Å². The van der Waals surface area contributed by atoms with E-state index in [0.717, 1.165) is 27.7 Å². The Balaban J connectivity index is 1.71. The van der Waals surface area contributed by atoms with Gasteiger partial charge in [0.2, 0.25) is 0 Å². The monoisotopic (exact) mass is 369 g/mol. The van der Waals surface area contributed by atoms with Crippen molar-refractivity contribution in [2.75, 3.05) is 6.67 Å². The molecule has 1 fully saturated rings. The maximum atomic E-state index is 13.2. The van der Waals surface area contributed by atoms with Crippen LogP contribution in [-0.4, -0.2) is 26.5 Å². The molecule has 0 N–H and O–H groups in total. The topological polar surface area (TPSA) is 30.7 Å². The SMILES string of the molecule is CC(C)c1c(Cc2ccc(SC3CC3)nc2)c2ncccc2n1CCF. The van der Waals surface area contributed by atoms with Crippen LogP contribution in [0.1, 0.15) is 49.4 Å². The fraction of sp³-hybridized carbons (Fsp3) is 0.429. The number of aromatic nitrogens is 3. The van der Waals surface area contributed by atoms with Crippen molar-refractivity contribution in [3.63, 3.8) is 0 Å². The number of nitrogens with zero attached hydrogens (tertiary/aromatic N) is 3. The predicted octanol–water partition coefficient (Wildman–Crippen LogP) is 5.37. The standard InChI is InChI=1S/C21H24FN3S/c1-14(2)21-17(20-18(4-3-10-23-20)25(21)11-9-22)12-15-5-8-19(24-13-15)26-16-6-7-16/h3-5,8,10,13-14,16H,6-7,9,11-12H2,1-2H3. The lowest BCUT2D eigenvalue weighted by atomic mass is 9.99. The van der Waals surface area contributed by atoms with E-state index in [-0.39, 0.29) is 6.67 Å². The second kappa shape index (κ2) is 7.39. The molecule has 0 radical (unpaired) electrons. The molecule has 0 atom stereocenters. The summed E-state index contributed by atoms with van der Waals surface area (Å²) in [6, 6.07) is 8.27. The second-order valence-electron chi connectivity index (χ2n) is 7.23. The number of fused-ring (bicyclic) bond motifs is 1. The molecule has 0 bridgehead atoms. The van der Waals surface area contributed by atoms with Crippen molar-refractivity contribution in [2.45, 2.75) is 55.8 Å². The molecule has 1 aliphatic rings. The molecule has 4 rings (SSSR count). The number of hydrogen-bond acceptors (Lipinski definition) is 3. The molecule has 0 spiro atoms. The summed E-state index contributed by atoms with van der Waals surface area (Å²) in [5.41, 5.74) is 5.58. The first-order chi connectivity index (χ1) is 12.7. The number of aryl methyl sites for hydroxylation is 1. The molecule has 5 heteroatoms. The van der Waals surface area contributed by atoms with Crippen molar-refractivity contribution in [3.05, 3.63) is 53.5 Å². The van der Waals surface area contributed by atoms with Crippen molar-refractivity contribution in [3.8, 4) is 0 Å². The highest BCUT2D eigenvalue weighted by atomic mass is 32.2. The summed E-state index contributed by atoms with van der Waals surface area (Å²) in [5.74, 6) is 0.309. The van der Waals surface area contributed by atoms with Gasteiger partial charge in [-0.15, -0.1) is 11.8 Å². The van der Waals surface area contributed by atoms with Crippen molar-refractivity contribution < 1.29 is 4.39 Å². The minimum Gasteiger partial charge on any atom is -0.340 e. The summed E-state index contributed by atoms with van der Waals surface area (Å²) < 4.78 is 15.3. The van der Waals surface area contributed by atoms with E-state index in [9.17, 15) is 4.39 Å². The molecule has 0 saturated heterocycles. The van der Waals surface area contributed by atoms with Crippen molar-refractivity contribution >= 4 is 22.8 Å². The lowest BCUT2D eigenvalue weighted by Crippen LogP contribution is -2.08. The number of rotatable bonds is 7. The molecule has 26 heavy (non-hydrogen) atoms. The second-order valence-corrected chi connectivity index (χ2v) is 8.55. The number of hydrogen-bond donors (Lipinski definition) is 0. The molecular weight excluding hydrogens is 345 g/mol. The molecule has 136 valence electrons. The average Bonchev–Trinajstić information content (AvgIpc) is 3.40. The van der Waals surface area contributed by atoms with E-state index >= 15 is 0 Å². The van der Waals surface area contributed by atoms with Crippen LogP contribution in [0, 0.1) is 0 Å². The van der Waals surface area contributed by atoms with Crippen LogP contribution in [0.2, 0.25) is 0 Å². The Morgan fingerprint density at radius 3 is 2.73 bits per heavy atom. The van der Waals surface area contributed by atoms with Gasteiger partial charge >= 0.3 is 0 Å². The minimum atomic E-state index is -0.369. The molecule has 0 amide bonds. The summed E-state index contributed by atoms with van der Waals surface area (Å²) >= 11 is 1.88. The lowest BCUT2D eigenvalue weighted by molar-refractivity contribution is 0.443. The summed E-state index contributed by atoms with van der Waals surface area (Å²) in [6.07, 6.45) is 7.21. The zero-order chi connectivity index (χ0) is 18.1. The van der Waals surface area contributed by atoms with Gasteiger partial charge in [0.05, 0.1) is 22.6 Å². The summed E-state index contributed by atoms with van der Waals surface area (Å²) in [4.78, 5) is 9.25. The quantitative estimate of drug-likeness (QED) is 0.561. The maximum absolute atomic E-state index is 13.2. The van der Waals surface area contributed by atoms with E-state index in [4.69, 9.17) is 0 Å². The van der Waals surface area contributed by atoms with Crippen LogP contribution in [0.25, 0.3) is 11.0 Å². The van der Waals surface area contributed by atoms with Gasteiger partial charge in [-0.1, -0.05) is 19.9 Å². The Morgan fingerprint density at radius 1 is 1.23 bits per heavy atom. The molecule has 3 aromatic heterocycles. The van der Waals surface area contributed by atoms with Crippen LogP contribution >= 0.6 is 11.8 Å². The van der Waals surface area contributed by atoms with Gasteiger partial charge in [0.25, 0.3) is 0 Å². The van der Waals surface area contributed by atoms with Crippen LogP contribution in [-0.2, 0) is 13.0 Å². The van der Waals surface area contributed by atoms with Crippen molar-refractivity contribution in [2.24, 2.45) is 0 Å². The largest absolute Gasteiger partial charge is 0.340 e. The molecular formula is C21H24FN3S. The highest BCUT2D eigenvalue weighted by Gasteiger charge is 2.23. The first-order valence-electron chi connectivity index (χ1n) is 9.31. The number of alkyl halides is 1. The zero-order valence-electron chi connectivity index (χ0n) is 15.3. The lowest BCUT2D eigenvalue weighted by Gasteiger charge is -2.14. The Bertz CT molecular complexity index is 898. The Hall–Kier alpha value is -1.88. The van der Waals surface area contributed by atoms with Crippen LogP contribution in [0.4, 0.5) is 4.39 Å². The first kappa shape index (κ1) is 17.5. The van der Waals surface area contributed by atoms with E-state index in [1.165, 1.54) is 29.7 Å². The predicted molar refractivity (Wildman–Crippen MR) is 106 cm³/mol. The van der Waals surface area contributed by atoms with Crippen molar-refractivity contribution in [1.82, 2.24) is 14.5 Å². The first-order valence-corrected chi connectivity index (χ1v) is 10.2. The normalized spacial score (nSPS) is 14.5. The van der Waals surface area contributed by atoms with E-state index < -0.39 is 0 Å². The molecule has 0 aliphatic heterocycles. The highest BCUT2D eigenvalue weighted by molar-refractivity contribution is 8.00. The maximum Gasteiger partial charge on any atom is 0.107 e. The van der Waals surface area contributed by atoms with E-state index in [2.05, 4.69) is 40.5 Å². The van der Waals surface area contributed by atoms with E-state index in [1.54, 1.807) is 0 Å². The molecule has 1 aliphatic carbocycles. The molecule has 0 aromatic carbocycles. The Kier molecular flexibility index (Phi) is 4.98. The van der Waals surface area contributed by atoms with Gasteiger partial charge in [0.15, 0.2) is 0 Å². The van der Waals surface area contributed by atoms with E-state index in [0.29, 0.717) is 12.5 Å². The zero-order valence-corrected chi connectivity index (χ0v) is 16.1. The van der Waals surface area contributed by atoms with Gasteiger partial charge in [0, 0.05) is 35.3 Å². The van der Waals surface area contributed by atoms with Gasteiger partial charge in [0.1, 0.15) is 6.67 Å². The minimum absolute atomic E-state index is 0.309. The van der Waals surface area contributed by atoms with Crippen LogP contribution in [0.5, 0.6) is 0 Å². The molecule has 3 aromatic rings. The van der Waals surface area contributed by atoms with Crippen molar-refractivity contribution in [1.29, 1.82) is 0 Å². The average molecular weight is 370 g/mol. The van der Waals surface area contributed by atoms with Gasteiger partial charge in [-0.3, -0.25) is 4.98 Å². The van der Waals surface area contributed by atoms with Crippen LogP contribution in [0.15, 0.2) is 41.7 Å². The molecule has 1 saturated carbocycles. The number of thioether (sulfide) groups is 1. The highest BCUT2D eigenvalue weighted by Crippen LogP contribution is 2.38. The smallest absolute Gasteiger partial charge is 0.107 e. The van der Waals surface area contributed by atoms with E-state index in [1.807, 2.05) is 36.3 Å². The molecule has 3 nitrogen and oxygen atoms in total. The summed E-state index contributed by atoms with van der Waals surface area (Å²) in [7, 11) is 0. The molecule has 0 unspecified atom stereocenters. The third kappa shape index (κ3) is 3.50.